The van der Waals surface area contributed by atoms with Crippen LogP contribution in [-0.2, 0) is 11.3 Å². The zero-order chi connectivity index (χ0) is 16.9. The number of aromatic nitrogens is 1. The molecule has 0 spiro atoms. The predicted molar refractivity (Wildman–Crippen MR) is 89.8 cm³/mol. The highest BCUT2D eigenvalue weighted by Gasteiger charge is 2.20. The van der Waals surface area contributed by atoms with Gasteiger partial charge in [-0.1, -0.05) is 12.1 Å². The fraction of sp³-hybridized carbons (Fsp3) is 0.278. The van der Waals surface area contributed by atoms with Crippen LogP contribution in [0.25, 0.3) is 0 Å². The summed E-state index contributed by atoms with van der Waals surface area (Å²) in [4.78, 5) is 29.8. The number of nitrogens with one attached hydrogen (secondary N) is 1. The topological polar surface area (TPSA) is 71.5 Å². The molecular formula is C18H19N3O3. The molecule has 6 nitrogen and oxygen atoms in total. The molecule has 3 rings (SSSR count). The van der Waals surface area contributed by atoms with Gasteiger partial charge < -0.3 is 15.0 Å². The van der Waals surface area contributed by atoms with Crippen LogP contribution < -0.4 is 10.1 Å². The lowest BCUT2D eigenvalue weighted by Crippen LogP contribution is -2.23. The molecule has 1 aromatic heterocycles. The second kappa shape index (κ2) is 7.12. The van der Waals surface area contributed by atoms with E-state index in [0.29, 0.717) is 30.1 Å². The van der Waals surface area contributed by atoms with Crippen LogP contribution in [0.5, 0.6) is 5.88 Å². The quantitative estimate of drug-likeness (QED) is 0.916. The third-order valence-electron chi connectivity index (χ3n) is 3.96. The van der Waals surface area contributed by atoms with Crippen LogP contribution in [0.1, 0.15) is 28.8 Å². The van der Waals surface area contributed by atoms with E-state index in [4.69, 9.17) is 4.74 Å². The largest absolute Gasteiger partial charge is 0.481 e. The Morgan fingerprint density at radius 3 is 2.62 bits per heavy atom. The van der Waals surface area contributed by atoms with E-state index in [9.17, 15) is 9.59 Å². The van der Waals surface area contributed by atoms with Gasteiger partial charge in [0.05, 0.1) is 19.0 Å². The van der Waals surface area contributed by atoms with Crippen LogP contribution in [0, 0.1) is 0 Å². The van der Waals surface area contributed by atoms with E-state index in [1.165, 1.54) is 7.11 Å². The summed E-state index contributed by atoms with van der Waals surface area (Å²) in [6, 6.07) is 10.7. The third kappa shape index (κ3) is 3.71. The minimum absolute atomic E-state index is 0.198. The number of ether oxygens (including phenoxy) is 1. The zero-order valence-electron chi connectivity index (χ0n) is 13.5. The first-order valence-electron chi connectivity index (χ1n) is 7.84. The van der Waals surface area contributed by atoms with Gasteiger partial charge in [-0.15, -0.1) is 0 Å². The number of carbonyl (C=O) groups is 2. The summed E-state index contributed by atoms with van der Waals surface area (Å²) < 4.78 is 4.98. The van der Waals surface area contributed by atoms with Gasteiger partial charge in [0.1, 0.15) is 0 Å². The van der Waals surface area contributed by atoms with Crippen LogP contribution in [0.15, 0.2) is 42.6 Å². The maximum Gasteiger partial charge on any atom is 0.255 e. The first kappa shape index (κ1) is 16.0. The van der Waals surface area contributed by atoms with Crippen LogP contribution in [0.4, 0.5) is 5.69 Å². The van der Waals surface area contributed by atoms with Crippen LogP contribution in [0.2, 0.25) is 0 Å². The van der Waals surface area contributed by atoms with Crippen molar-refractivity contribution in [2.24, 2.45) is 0 Å². The van der Waals surface area contributed by atoms with E-state index in [0.717, 1.165) is 18.5 Å². The molecule has 24 heavy (non-hydrogen) atoms. The molecule has 0 saturated carbocycles. The Morgan fingerprint density at radius 2 is 2.04 bits per heavy atom. The predicted octanol–water partition coefficient (Wildman–Crippen LogP) is 2.46. The lowest BCUT2D eigenvalue weighted by atomic mass is 10.1. The monoisotopic (exact) mass is 325 g/mol. The van der Waals surface area contributed by atoms with Crippen molar-refractivity contribution in [1.82, 2.24) is 9.88 Å². The molecule has 1 N–H and O–H groups in total. The van der Waals surface area contributed by atoms with Gasteiger partial charge in [0.25, 0.3) is 5.91 Å². The summed E-state index contributed by atoms with van der Waals surface area (Å²) in [6.45, 7) is 1.41. The molecule has 0 atom stereocenters. The Bertz CT molecular complexity index is 726. The number of rotatable bonds is 5. The van der Waals surface area contributed by atoms with E-state index < -0.39 is 0 Å². The maximum absolute atomic E-state index is 12.2. The third-order valence-corrected chi connectivity index (χ3v) is 3.96. The van der Waals surface area contributed by atoms with Gasteiger partial charge in [0.2, 0.25) is 11.8 Å². The summed E-state index contributed by atoms with van der Waals surface area (Å²) in [6.07, 6.45) is 3.11. The molecule has 2 heterocycles. The highest BCUT2D eigenvalue weighted by atomic mass is 16.5. The molecule has 1 aliphatic heterocycles. The van der Waals surface area contributed by atoms with E-state index in [1.807, 2.05) is 17.0 Å². The first-order chi connectivity index (χ1) is 11.7. The van der Waals surface area contributed by atoms with Gasteiger partial charge >= 0.3 is 0 Å². The van der Waals surface area contributed by atoms with Gasteiger partial charge in [-0.2, -0.15) is 0 Å². The van der Waals surface area contributed by atoms with Crippen molar-refractivity contribution in [3.63, 3.8) is 0 Å². The SMILES string of the molecule is COc1ccc(NC(=O)c2ccc(CN3CCCC3=O)cc2)cn1. The molecule has 6 heteroatoms. The number of methoxy groups -OCH3 is 1. The first-order valence-corrected chi connectivity index (χ1v) is 7.84. The summed E-state index contributed by atoms with van der Waals surface area (Å²) >= 11 is 0. The maximum atomic E-state index is 12.2. The second-order valence-corrected chi connectivity index (χ2v) is 5.66. The number of pyridine rings is 1. The lowest BCUT2D eigenvalue weighted by molar-refractivity contribution is -0.128. The normalized spacial score (nSPS) is 13.9. The van der Waals surface area contributed by atoms with Gasteiger partial charge in [-0.3, -0.25) is 9.59 Å². The number of hydrogen-bond donors (Lipinski definition) is 1. The Labute approximate surface area is 140 Å². The van der Waals surface area contributed by atoms with Gasteiger partial charge in [-0.05, 0) is 30.2 Å². The number of benzene rings is 1. The fourth-order valence-corrected chi connectivity index (χ4v) is 2.63. The molecule has 0 bridgehead atoms. The number of likely N-dealkylation sites (tertiary alicyclic amines) is 1. The molecule has 2 aromatic rings. The molecular weight excluding hydrogens is 306 g/mol. The summed E-state index contributed by atoms with van der Waals surface area (Å²) in [7, 11) is 1.54. The average Bonchev–Trinajstić information content (AvgIpc) is 3.01. The molecule has 1 aliphatic rings. The molecule has 124 valence electrons. The second-order valence-electron chi connectivity index (χ2n) is 5.66. The fourth-order valence-electron chi connectivity index (χ4n) is 2.63. The van der Waals surface area contributed by atoms with Crippen molar-refractivity contribution in [1.29, 1.82) is 0 Å². The molecule has 1 saturated heterocycles. The average molecular weight is 325 g/mol. The molecule has 2 amide bonds. The van der Waals surface area contributed by atoms with Gasteiger partial charge in [-0.25, -0.2) is 4.98 Å². The number of nitrogens with zero attached hydrogens (tertiary/aromatic N) is 2. The van der Waals surface area contributed by atoms with E-state index in [1.54, 1.807) is 30.5 Å². The number of anilines is 1. The Hall–Kier alpha value is -2.89. The standard InChI is InChI=1S/C18H19N3O3/c1-24-16-9-8-15(11-19-16)20-18(23)14-6-4-13(5-7-14)12-21-10-2-3-17(21)22/h4-9,11H,2-3,10,12H2,1H3,(H,20,23). The van der Waals surface area contributed by atoms with E-state index in [2.05, 4.69) is 10.3 Å². The highest BCUT2D eigenvalue weighted by molar-refractivity contribution is 6.04. The Morgan fingerprint density at radius 1 is 1.25 bits per heavy atom. The van der Waals surface area contributed by atoms with Gasteiger partial charge in [0.15, 0.2) is 0 Å². The smallest absolute Gasteiger partial charge is 0.255 e. The van der Waals surface area contributed by atoms with Crippen molar-refractivity contribution in [3.05, 3.63) is 53.7 Å². The molecule has 1 aromatic carbocycles. The van der Waals surface area contributed by atoms with Crippen molar-refractivity contribution in [2.45, 2.75) is 19.4 Å². The van der Waals surface area contributed by atoms with Crippen LogP contribution in [0.3, 0.4) is 0 Å². The van der Waals surface area contributed by atoms with Crippen molar-refractivity contribution < 1.29 is 14.3 Å². The molecule has 0 radical (unpaired) electrons. The molecule has 0 unspecified atom stereocenters. The summed E-state index contributed by atoms with van der Waals surface area (Å²) in [5.41, 5.74) is 2.18. The van der Waals surface area contributed by atoms with Crippen molar-refractivity contribution >= 4 is 17.5 Å². The van der Waals surface area contributed by atoms with E-state index >= 15 is 0 Å². The Kier molecular flexibility index (Phi) is 4.74. The minimum atomic E-state index is -0.203. The number of hydrogen-bond acceptors (Lipinski definition) is 4. The molecule has 0 aliphatic carbocycles. The number of amides is 2. The number of carbonyl (C=O) groups excluding carboxylic acids is 2. The lowest BCUT2D eigenvalue weighted by Gasteiger charge is -2.15. The summed E-state index contributed by atoms with van der Waals surface area (Å²) in [5.74, 6) is 0.489. The van der Waals surface area contributed by atoms with Crippen molar-refractivity contribution in [2.75, 3.05) is 19.0 Å². The van der Waals surface area contributed by atoms with Crippen molar-refractivity contribution in [3.8, 4) is 5.88 Å². The van der Waals surface area contributed by atoms with Crippen LogP contribution in [-0.4, -0.2) is 35.4 Å². The van der Waals surface area contributed by atoms with E-state index in [-0.39, 0.29) is 11.8 Å². The zero-order valence-corrected chi connectivity index (χ0v) is 13.5. The van der Waals surface area contributed by atoms with Gasteiger partial charge in [0, 0.05) is 31.1 Å². The summed E-state index contributed by atoms with van der Waals surface area (Å²) in [5, 5.41) is 2.79. The highest BCUT2D eigenvalue weighted by Crippen LogP contribution is 2.16. The molecule has 1 fully saturated rings. The minimum Gasteiger partial charge on any atom is -0.481 e. The van der Waals surface area contributed by atoms with Crippen LogP contribution >= 0.6 is 0 Å². The Balaban J connectivity index is 1.61.